The Morgan fingerprint density at radius 2 is 1.77 bits per heavy atom. The third kappa shape index (κ3) is 4.25. The highest BCUT2D eigenvalue weighted by Gasteiger charge is 2.29. The molecule has 0 saturated carbocycles. The molecule has 1 saturated heterocycles. The monoisotopic (exact) mass is 384 g/mol. The predicted molar refractivity (Wildman–Crippen MR) is 91.4 cm³/mol. The molecule has 1 fully saturated rings. The van der Waals surface area contributed by atoms with Gasteiger partial charge in [-0.2, -0.15) is 0 Å². The number of nitrogens with zero attached hydrogens (tertiary/aromatic N) is 1. The molecule has 1 atom stereocenters. The fourth-order valence-corrected chi connectivity index (χ4v) is 4.47. The maximum atomic E-state index is 13.8. The third-order valence-corrected chi connectivity index (χ3v) is 5.90. The lowest BCUT2D eigenvalue weighted by molar-refractivity contribution is 0.194. The summed E-state index contributed by atoms with van der Waals surface area (Å²) in [5.41, 5.74) is 1.11. The van der Waals surface area contributed by atoms with Crippen molar-refractivity contribution in [2.45, 2.75) is 30.3 Å². The predicted octanol–water partition coefficient (Wildman–Crippen LogP) is 3.05. The molecule has 2 aromatic carbocycles. The average Bonchev–Trinajstić information content (AvgIpc) is 2.60. The molecule has 26 heavy (non-hydrogen) atoms. The number of hydrogen-bond donors (Lipinski definition) is 1. The SMILES string of the molecule is O=S(=O)(NC1CCCN(Cc2ccccc2)C1)c1ccc(F)c(F)c1F. The zero-order valence-corrected chi connectivity index (χ0v) is 14.8. The molecule has 8 heteroatoms. The van der Waals surface area contributed by atoms with Gasteiger partial charge in [0.2, 0.25) is 10.0 Å². The third-order valence-electron chi connectivity index (χ3n) is 4.37. The highest BCUT2D eigenvalue weighted by Crippen LogP contribution is 2.21. The molecule has 1 N–H and O–H groups in total. The molecule has 1 unspecified atom stereocenters. The standard InChI is InChI=1S/C18H19F3N2O2S/c19-15-8-9-16(18(21)17(15)20)26(24,25)22-14-7-4-10-23(12-14)11-13-5-2-1-3-6-13/h1-3,5-6,8-9,14,22H,4,7,10-12H2. The summed E-state index contributed by atoms with van der Waals surface area (Å²) in [5.74, 6) is -4.91. The molecular formula is C18H19F3N2O2S. The Bertz CT molecular complexity index is 876. The molecule has 140 valence electrons. The van der Waals surface area contributed by atoms with Crippen LogP contribution in [0.5, 0.6) is 0 Å². The van der Waals surface area contributed by atoms with Gasteiger partial charge in [0.25, 0.3) is 0 Å². The van der Waals surface area contributed by atoms with E-state index < -0.39 is 38.4 Å². The topological polar surface area (TPSA) is 49.4 Å². The number of nitrogens with one attached hydrogen (secondary N) is 1. The molecular weight excluding hydrogens is 365 g/mol. The smallest absolute Gasteiger partial charge is 0.243 e. The van der Waals surface area contributed by atoms with Crippen molar-refractivity contribution in [3.63, 3.8) is 0 Å². The molecule has 3 rings (SSSR count). The minimum atomic E-state index is -4.28. The van der Waals surface area contributed by atoms with Crippen LogP contribution in [0.4, 0.5) is 13.2 Å². The van der Waals surface area contributed by atoms with Gasteiger partial charge in [0.15, 0.2) is 17.5 Å². The molecule has 0 aliphatic carbocycles. The van der Waals surface area contributed by atoms with Crippen LogP contribution in [-0.4, -0.2) is 32.4 Å². The van der Waals surface area contributed by atoms with Gasteiger partial charge in [0, 0.05) is 19.1 Å². The lowest BCUT2D eigenvalue weighted by Crippen LogP contribution is -2.47. The van der Waals surface area contributed by atoms with Crippen molar-refractivity contribution in [1.29, 1.82) is 0 Å². The zero-order chi connectivity index (χ0) is 18.7. The van der Waals surface area contributed by atoms with Crippen LogP contribution in [0.15, 0.2) is 47.4 Å². The summed E-state index contributed by atoms with van der Waals surface area (Å²) in [7, 11) is -4.28. The van der Waals surface area contributed by atoms with E-state index in [4.69, 9.17) is 0 Å². The lowest BCUT2D eigenvalue weighted by atomic mass is 10.1. The van der Waals surface area contributed by atoms with Gasteiger partial charge in [0.05, 0.1) is 0 Å². The molecule has 0 spiro atoms. The van der Waals surface area contributed by atoms with E-state index in [2.05, 4.69) is 9.62 Å². The summed E-state index contributed by atoms with van der Waals surface area (Å²) in [4.78, 5) is 1.23. The van der Waals surface area contributed by atoms with Crippen LogP contribution in [0.1, 0.15) is 18.4 Å². The Morgan fingerprint density at radius 1 is 1.04 bits per heavy atom. The van der Waals surface area contributed by atoms with Crippen LogP contribution in [0.2, 0.25) is 0 Å². The van der Waals surface area contributed by atoms with Gasteiger partial charge in [-0.1, -0.05) is 30.3 Å². The van der Waals surface area contributed by atoms with E-state index in [-0.39, 0.29) is 0 Å². The first-order valence-electron chi connectivity index (χ1n) is 8.29. The Labute approximate surface area is 150 Å². The largest absolute Gasteiger partial charge is 0.298 e. The molecule has 0 amide bonds. The number of piperidine rings is 1. The van der Waals surface area contributed by atoms with Gasteiger partial charge in [-0.25, -0.2) is 26.3 Å². The van der Waals surface area contributed by atoms with Crippen LogP contribution in [0.3, 0.4) is 0 Å². The van der Waals surface area contributed by atoms with Crippen molar-refractivity contribution in [2.24, 2.45) is 0 Å². The van der Waals surface area contributed by atoms with Crippen LogP contribution < -0.4 is 4.72 Å². The summed E-state index contributed by atoms with van der Waals surface area (Å²) in [6.07, 6.45) is 1.37. The first kappa shape index (κ1) is 18.9. The normalized spacial score (nSPS) is 18.8. The number of sulfonamides is 1. The minimum absolute atomic E-state index is 0.426. The van der Waals surface area contributed by atoms with Crippen LogP contribution in [0.25, 0.3) is 0 Å². The van der Waals surface area contributed by atoms with Gasteiger partial charge < -0.3 is 0 Å². The molecule has 4 nitrogen and oxygen atoms in total. The summed E-state index contributed by atoms with van der Waals surface area (Å²) in [6.45, 7) is 1.96. The first-order chi connectivity index (χ1) is 12.4. The molecule has 0 radical (unpaired) electrons. The van der Waals surface area contributed by atoms with Crippen molar-refractivity contribution in [2.75, 3.05) is 13.1 Å². The van der Waals surface area contributed by atoms with E-state index in [0.29, 0.717) is 25.6 Å². The summed E-state index contributed by atoms with van der Waals surface area (Å²) in [6, 6.07) is 10.7. The maximum absolute atomic E-state index is 13.8. The Hall–Kier alpha value is -1.90. The summed E-state index contributed by atoms with van der Waals surface area (Å²) in [5, 5.41) is 0. The lowest BCUT2D eigenvalue weighted by Gasteiger charge is -2.33. The Balaban J connectivity index is 1.70. The Morgan fingerprint density at radius 3 is 2.50 bits per heavy atom. The molecule has 1 aliphatic heterocycles. The molecule has 0 bridgehead atoms. The fraction of sp³-hybridized carbons (Fsp3) is 0.333. The maximum Gasteiger partial charge on any atom is 0.243 e. The molecule has 1 heterocycles. The minimum Gasteiger partial charge on any atom is -0.298 e. The highest BCUT2D eigenvalue weighted by molar-refractivity contribution is 7.89. The summed E-state index contributed by atoms with van der Waals surface area (Å²) < 4.78 is 67.4. The number of benzene rings is 2. The van der Waals surface area contributed by atoms with Gasteiger partial charge in [-0.15, -0.1) is 0 Å². The van der Waals surface area contributed by atoms with E-state index >= 15 is 0 Å². The van der Waals surface area contributed by atoms with Crippen LogP contribution in [0, 0.1) is 17.5 Å². The van der Waals surface area contributed by atoms with Crippen LogP contribution >= 0.6 is 0 Å². The second-order valence-corrected chi connectivity index (χ2v) is 8.04. The molecule has 0 aromatic heterocycles. The highest BCUT2D eigenvalue weighted by atomic mass is 32.2. The number of hydrogen-bond acceptors (Lipinski definition) is 3. The van der Waals surface area contributed by atoms with Crippen molar-refractivity contribution >= 4 is 10.0 Å². The van der Waals surface area contributed by atoms with Crippen LogP contribution in [-0.2, 0) is 16.6 Å². The average molecular weight is 384 g/mol. The van der Waals surface area contributed by atoms with Crippen molar-refractivity contribution in [1.82, 2.24) is 9.62 Å². The zero-order valence-electron chi connectivity index (χ0n) is 14.0. The van der Waals surface area contributed by atoms with Gasteiger partial charge in [-0.3, -0.25) is 4.90 Å². The summed E-state index contributed by atoms with van der Waals surface area (Å²) >= 11 is 0. The number of halogens is 3. The molecule has 1 aliphatic rings. The number of rotatable bonds is 5. The second kappa shape index (κ2) is 7.77. The molecule has 2 aromatic rings. The van der Waals surface area contributed by atoms with Gasteiger partial charge in [0.1, 0.15) is 4.90 Å². The second-order valence-electron chi connectivity index (χ2n) is 6.35. The van der Waals surface area contributed by atoms with Crippen molar-refractivity contribution in [3.8, 4) is 0 Å². The fourth-order valence-electron chi connectivity index (χ4n) is 3.14. The van der Waals surface area contributed by atoms with E-state index in [1.807, 2.05) is 30.3 Å². The van der Waals surface area contributed by atoms with E-state index in [9.17, 15) is 21.6 Å². The first-order valence-corrected chi connectivity index (χ1v) is 9.77. The van der Waals surface area contributed by atoms with E-state index in [0.717, 1.165) is 24.6 Å². The quantitative estimate of drug-likeness (QED) is 0.807. The van der Waals surface area contributed by atoms with Crippen molar-refractivity contribution < 1.29 is 21.6 Å². The van der Waals surface area contributed by atoms with Gasteiger partial charge in [-0.05, 0) is 37.1 Å². The van der Waals surface area contributed by atoms with Crippen molar-refractivity contribution in [3.05, 3.63) is 65.5 Å². The van der Waals surface area contributed by atoms with Gasteiger partial charge >= 0.3 is 0 Å². The van der Waals surface area contributed by atoms with E-state index in [1.165, 1.54) is 0 Å². The van der Waals surface area contributed by atoms with E-state index in [1.54, 1.807) is 0 Å². The Kier molecular flexibility index (Phi) is 5.64. The number of likely N-dealkylation sites (tertiary alicyclic amines) is 1.